The van der Waals surface area contributed by atoms with Gasteiger partial charge in [-0.05, 0) is 64.3 Å². The van der Waals surface area contributed by atoms with E-state index < -0.39 is 17.9 Å². The number of nitrogens with zero attached hydrogens (tertiary/aromatic N) is 1. The molecule has 8 nitrogen and oxygen atoms in total. The molecule has 2 aromatic carbocycles. The van der Waals surface area contributed by atoms with E-state index in [9.17, 15) is 19.5 Å². The summed E-state index contributed by atoms with van der Waals surface area (Å²) in [5, 5.41) is 18.3. The van der Waals surface area contributed by atoms with Crippen LogP contribution in [0.3, 0.4) is 0 Å². The average molecular weight is 560 g/mol. The average Bonchev–Trinajstić information content (AvgIpc) is 2.83. The highest BCUT2D eigenvalue weighted by atomic mass is 79.9. The molecule has 1 aromatic heterocycles. The van der Waals surface area contributed by atoms with Gasteiger partial charge in [-0.25, -0.2) is 9.78 Å². The second-order valence-corrected chi connectivity index (χ2v) is 8.92. The van der Waals surface area contributed by atoms with Crippen LogP contribution in [0.4, 0.5) is 11.5 Å². The molecule has 0 bridgehead atoms. The Balaban J connectivity index is 1.49. The van der Waals surface area contributed by atoms with E-state index in [0.717, 1.165) is 5.82 Å². The van der Waals surface area contributed by atoms with Crippen LogP contribution in [0.15, 0.2) is 71.3 Å². The third-order valence-corrected chi connectivity index (χ3v) is 6.00. The maximum Gasteiger partial charge on any atom is 0.326 e. The maximum absolute atomic E-state index is 12.6. The second-order valence-electron chi connectivity index (χ2n) is 7.66. The van der Waals surface area contributed by atoms with E-state index in [1.165, 1.54) is 0 Å². The van der Waals surface area contributed by atoms with Gasteiger partial charge < -0.3 is 21.1 Å². The van der Waals surface area contributed by atoms with Gasteiger partial charge in [-0.1, -0.05) is 35.9 Å². The number of hydrogen-bond donors (Lipinski definition) is 4. The molecule has 3 aromatic rings. The first-order chi connectivity index (χ1) is 16.8. The molecule has 0 radical (unpaired) electrons. The predicted octanol–water partition coefficient (Wildman–Crippen LogP) is 4.75. The third kappa shape index (κ3) is 8.08. The summed E-state index contributed by atoms with van der Waals surface area (Å²) < 4.78 is 0.472. The van der Waals surface area contributed by atoms with Gasteiger partial charge in [-0.15, -0.1) is 0 Å². The van der Waals surface area contributed by atoms with Crippen molar-refractivity contribution in [3.63, 3.8) is 0 Å². The van der Waals surface area contributed by atoms with Gasteiger partial charge in [0.25, 0.3) is 5.91 Å². The largest absolute Gasteiger partial charge is 0.480 e. The van der Waals surface area contributed by atoms with Crippen LogP contribution < -0.4 is 16.0 Å². The Labute approximate surface area is 216 Å². The van der Waals surface area contributed by atoms with E-state index in [1.54, 1.807) is 48.7 Å². The normalized spacial score (nSPS) is 11.4. The van der Waals surface area contributed by atoms with Crippen molar-refractivity contribution >= 4 is 56.8 Å². The summed E-state index contributed by atoms with van der Waals surface area (Å²) in [5.74, 6) is -1.12. The van der Waals surface area contributed by atoms with Crippen LogP contribution in [0.1, 0.15) is 28.8 Å². The number of rotatable bonds is 11. The molecule has 0 aliphatic rings. The zero-order chi connectivity index (χ0) is 25.2. The lowest BCUT2D eigenvalue weighted by molar-refractivity contribution is -0.139. The Hall–Kier alpha value is -3.43. The molecule has 1 heterocycles. The lowest BCUT2D eigenvalue weighted by atomic mass is 10.0. The van der Waals surface area contributed by atoms with E-state index in [2.05, 4.69) is 36.9 Å². The zero-order valence-electron chi connectivity index (χ0n) is 18.6. The lowest BCUT2D eigenvalue weighted by Gasteiger charge is -2.16. The van der Waals surface area contributed by atoms with Gasteiger partial charge in [0.05, 0.1) is 10.6 Å². The van der Waals surface area contributed by atoms with Gasteiger partial charge in [-0.3, -0.25) is 9.59 Å². The van der Waals surface area contributed by atoms with Crippen LogP contribution in [-0.2, 0) is 16.0 Å². The van der Waals surface area contributed by atoms with E-state index in [1.807, 2.05) is 18.2 Å². The molecule has 0 fully saturated rings. The molecule has 1 atom stereocenters. The molecule has 0 aliphatic carbocycles. The van der Waals surface area contributed by atoms with Gasteiger partial charge in [0.15, 0.2) is 0 Å². The number of aliphatic carboxylic acids is 1. The molecule has 0 saturated carbocycles. The summed E-state index contributed by atoms with van der Waals surface area (Å²) >= 11 is 9.36. The number of carbonyl (C=O) groups excluding carboxylic acids is 2. The van der Waals surface area contributed by atoms with Crippen molar-refractivity contribution in [1.82, 2.24) is 10.3 Å². The molecule has 35 heavy (non-hydrogen) atoms. The highest BCUT2D eigenvalue weighted by Crippen LogP contribution is 2.24. The van der Waals surface area contributed by atoms with Crippen molar-refractivity contribution < 1.29 is 19.5 Å². The molecular weight excluding hydrogens is 536 g/mol. The molecule has 0 aliphatic heterocycles. The number of halogens is 2. The fourth-order valence-electron chi connectivity index (χ4n) is 3.26. The number of pyridine rings is 1. The molecule has 3 rings (SSSR count). The summed E-state index contributed by atoms with van der Waals surface area (Å²) in [6, 6.07) is 16.1. The minimum absolute atomic E-state index is 0.0660. The number of benzene rings is 2. The summed E-state index contributed by atoms with van der Waals surface area (Å²) in [4.78, 5) is 40.7. The van der Waals surface area contributed by atoms with Crippen LogP contribution in [0, 0.1) is 0 Å². The van der Waals surface area contributed by atoms with Crippen molar-refractivity contribution in [2.24, 2.45) is 0 Å². The van der Waals surface area contributed by atoms with E-state index in [-0.39, 0.29) is 22.9 Å². The molecule has 0 unspecified atom stereocenters. The highest BCUT2D eigenvalue weighted by Gasteiger charge is 2.23. The number of hydrogen-bond acceptors (Lipinski definition) is 5. The number of carboxylic acids is 1. The zero-order valence-corrected chi connectivity index (χ0v) is 21.0. The summed E-state index contributed by atoms with van der Waals surface area (Å²) in [6.07, 6.45) is 2.74. The summed E-state index contributed by atoms with van der Waals surface area (Å²) in [6.45, 7) is 0.621. The molecule has 4 N–H and O–H groups in total. The molecule has 182 valence electrons. The first-order valence-electron chi connectivity index (χ1n) is 10.8. The molecule has 0 spiro atoms. The van der Waals surface area contributed by atoms with Gasteiger partial charge in [0.2, 0.25) is 5.91 Å². The number of nitrogens with one attached hydrogen (secondary N) is 3. The highest BCUT2D eigenvalue weighted by molar-refractivity contribution is 9.10. The standard InChI is InChI=1S/C25H24BrClN4O4/c26-18-5-3-6-19(27)23(18)24(33)31-20(25(34)35)15-16-9-11-17(12-10-16)30-22(32)8-4-14-29-21-7-1-2-13-28-21/h1-3,5-7,9-13,20H,4,8,14-15H2,(H,28,29)(H,30,32)(H,31,33)(H,34,35)/t20-/m0/s1. The Morgan fingerprint density at radius 2 is 1.80 bits per heavy atom. The Morgan fingerprint density at radius 1 is 1.03 bits per heavy atom. The van der Waals surface area contributed by atoms with Crippen LogP contribution in [0.5, 0.6) is 0 Å². The fraction of sp³-hybridized carbons (Fsp3) is 0.200. The van der Waals surface area contributed by atoms with E-state index in [0.29, 0.717) is 35.1 Å². The number of carbonyl (C=O) groups is 3. The summed E-state index contributed by atoms with van der Waals surface area (Å²) in [5.41, 5.74) is 1.47. The second kappa shape index (κ2) is 12.9. The fourth-order valence-corrected chi connectivity index (χ4v) is 4.18. The number of amides is 2. The van der Waals surface area contributed by atoms with Crippen LogP contribution in [0.2, 0.25) is 5.02 Å². The monoisotopic (exact) mass is 558 g/mol. The number of carboxylic acid groups (broad SMARTS) is 1. The number of aromatic nitrogens is 1. The van der Waals surface area contributed by atoms with Crippen molar-refractivity contribution in [3.05, 3.63) is 87.5 Å². The van der Waals surface area contributed by atoms with Crippen LogP contribution in [0.25, 0.3) is 0 Å². The van der Waals surface area contributed by atoms with Gasteiger partial charge in [0.1, 0.15) is 11.9 Å². The molecular formula is C25H24BrClN4O4. The first kappa shape index (κ1) is 26.2. The molecule has 10 heteroatoms. The Morgan fingerprint density at radius 3 is 2.46 bits per heavy atom. The SMILES string of the molecule is O=C(CCCNc1ccccn1)Nc1ccc(C[C@H](NC(=O)c2c(Cl)cccc2Br)C(=O)O)cc1. The van der Waals surface area contributed by atoms with Gasteiger partial charge in [0, 0.05) is 35.7 Å². The minimum atomic E-state index is -1.17. The third-order valence-electron chi connectivity index (χ3n) is 5.02. The van der Waals surface area contributed by atoms with Gasteiger partial charge >= 0.3 is 5.97 Å². The van der Waals surface area contributed by atoms with Crippen LogP contribution in [-0.4, -0.2) is 40.5 Å². The smallest absolute Gasteiger partial charge is 0.326 e. The Kier molecular flexibility index (Phi) is 9.63. The minimum Gasteiger partial charge on any atom is -0.480 e. The van der Waals surface area contributed by atoms with E-state index in [4.69, 9.17) is 11.6 Å². The van der Waals surface area contributed by atoms with Gasteiger partial charge in [-0.2, -0.15) is 0 Å². The summed E-state index contributed by atoms with van der Waals surface area (Å²) in [7, 11) is 0. The maximum atomic E-state index is 12.6. The first-order valence-corrected chi connectivity index (χ1v) is 12.0. The van der Waals surface area contributed by atoms with Crippen LogP contribution >= 0.6 is 27.5 Å². The number of anilines is 2. The van der Waals surface area contributed by atoms with Crippen molar-refractivity contribution in [2.75, 3.05) is 17.2 Å². The topological polar surface area (TPSA) is 120 Å². The molecule has 0 saturated heterocycles. The van der Waals surface area contributed by atoms with E-state index >= 15 is 0 Å². The van der Waals surface area contributed by atoms with Crippen molar-refractivity contribution in [3.8, 4) is 0 Å². The van der Waals surface area contributed by atoms with Crippen molar-refractivity contribution in [2.45, 2.75) is 25.3 Å². The Bertz CT molecular complexity index is 1160. The quantitative estimate of drug-likeness (QED) is 0.252. The molecule has 2 amide bonds. The lowest BCUT2D eigenvalue weighted by Crippen LogP contribution is -2.42. The van der Waals surface area contributed by atoms with Crippen molar-refractivity contribution in [1.29, 1.82) is 0 Å². The predicted molar refractivity (Wildman–Crippen MR) is 139 cm³/mol.